The molecule has 5 atom stereocenters. The predicted molar refractivity (Wildman–Crippen MR) is 70.3 cm³/mol. The lowest BCUT2D eigenvalue weighted by Crippen LogP contribution is -2.65. The van der Waals surface area contributed by atoms with Crippen LogP contribution in [0.1, 0.15) is 0 Å². The molecule has 1 rings (SSSR count). The summed E-state index contributed by atoms with van der Waals surface area (Å²) >= 11 is 5.42. The molecule has 0 spiro atoms. The monoisotopic (exact) mass is 327 g/mol. The molecule has 0 saturated carbocycles. The molecule has 0 aromatic carbocycles. The topological polar surface area (TPSA) is 141 Å². The highest BCUT2D eigenvalue weighted by Crippen LogP contribution is 2.21. The van der Waals surface area contributed by atoms with Crippen LogP contribution in [0, 0.1) is 4.91 Å². The zero-order valence-corrected chi connectivity index (χ0v) is 12.0. The van der Waals surface area contributed by atoms with Gasteiger partial charge in [-0.2, -0.15) is 5.01 Å². The fourth-order valence-corrected chi connectivity index (χ4v) is 2.07. The number of alkyl halides is 1. The van der Waals surface area contributed by atoms with Crippen LogP contribution in [-0.2, 0) is 9.47 Å². The van der Waals surface area contributed by atoms with E-state index in [2.05, 4.69) is 10.6 Å². The van der Waals surface area contributed by atoms with Crippen LogP contribution in [0.3, 0.4) is 0 Å². The molecular formula is C10H18ClN3O7. The van der Waals surface area contributed by atoms with E-state index < -0.39 is 43.3 Å². The smallest absolute Gasteiger partial charge is 0.340 e. The summed E-state index contributed by atoms with van der Waals surface area (Å²) < 4.78 is 10.2. The minimum Gasteiger partial charge on any atom is -0.394 e. The van der Waals surface area contributed by atoms with Crippen LogP contribution < -0.4 is 5.32 Å². The molecule has 1 aliphatic rings. The Hall–Kier alpha value is -1.04. The maximum absolute atomic E-state index is 11.8. The van der Waals surface area contributed by atoms with E-state index in [1.807, 2.05) is 0 Å². The average molecular weight is 328 g/mol. The van der Waals surface area contributed by atoms with Crippen LogP contribution in [0.4, 0.5) is 4.79 Å². The van der Waals surface area contributed by atoms with Gasteiger partial charge in [-0.15, -0.1) is 16.5 Å². The maximum atomic E-state index is 11.8. The summed E-state index contributed by atoms with van der Waals surface area (Å²) in [6.45, 7) is -0.660. The second kappa shape index (κ2) is 8.41. The largest absolute Gasteiger partial charge is 0.394 e. The van der Waals surface area contributed by atoms with Gasteiger partial charge in [0, 0.05) is 13.0 Å². The molecule has 10 nitrogen and oxygen atoms in total. The van der Waals surface area contributed by atoms with Crippen LogP contribution in [0.5, 0.6) is 0 Å². The Morgan fingerprint density at radius 3 is 2.62 bits per heavy atom. The predicted octanol–water partition coefficient (Wildman–Crippen LogP) is -1.63. The first-order valence-corrected chi connectivity index (χ1v) is 6.66. The minimum absolute atomic E-state index is 0.00814. The van der Waals surface area contributed by atoms with Crippen molar-refractivity contribution in [1.82, 2.24) is 10.3 Å². The van der Waals surface area contributed by atoms with Crippen molar-refractivity contribution in [3.8, 4) is 0 Å². The van der Waals surface area contributed by atoms with E-state index in [1.54, 1.807) is 0 Å². The molecule has 0 bridgehead atoms. The van der Waals surface area contributed by atoms with Crippen molar-refractivity contribution < 1.29 is 29.6 Å². The number of nitrogens with one attached hydrogen (secondary N) is 1. The molecule has 2 amide bonds. The van der Waals surface area contributed by atoms with Gasteiger partial charge in [-0.1, -0.05) is 0 Å². The van der Waals surface area contributed by atoms with E-state index >= 15 is 0 Å². The first-order valence-electron chi connectivity index (χ1n) is 6.12. The van der Waals surface area contributed by atoms with Gasteiger partial charge in [-0.25, -0.2) is 4.79 Å². The zero-order chi connectivity index (χ0) is 16.0. The number of urea groups is 1. The van der Waals surface area contributed by atoms with Crippen molar-refractivity contribution in [3.05, 3.63) is 4.91 Å². The Morgan fingerprint density at radius 1 is 1.48 bits per heavy atom. The van der Waals surface area contributed by atoms with Gasteiger partial charge in [0.2, 0.25) is 0 Å². The molecule has 21 heavy (non-hydrogen) atoms. The summed E-state index contributed by atoms with van der Waals surface area (Å²) in [6, 6.07) is -2.07. The fraction of sp³-hybridized carbons (Fsp3) is 0.900. The molecule has 1 unspecified atom stereocenters. The fourth-order valence-electron chi connectivity index (χ4n) is 1.91. The van der Waals surface area contributed by atoms with Crippen LogP contribution in [0.2, 0.25) is 0 Å². The number of aliphatic hydroxyl groups excluding tert-OH is 3. The van der Waals surface area contributed by atoms with Crippen LogP contribution in [-0.4, -0.2) is 83.1 Å². The molecule has 0 aromatic heterocycles. The van der Waals surface area contributed by atoms with Gasteiger partial charge in [-0.05, 0) is 0 Å². The van der Waals surface area contributed by atoms with E-state index in [4.69, 9.17) is 26.2 Å². The van der Waals surface area contributed by atoms with Crippen LogP contribution >= 0.6 is 11.6 Å². The zero-order valence-electron chi connectivity index (χ0n) is 11.3. The number of amides is 2. The molecule has 0 aromatic rings. The molecule has 0 radical (unpaired) electrons. The van der Waals surface area contributed by atoms with Gasteiger partial charge in [0.1, 0.15) is 24.4 Å². The van der Waals surface area contributed by atoms with Gasteiger partial charge in [-0.3, -0.25) is 0 Å². The number of hydrogen-bond acceptors (Lipinski definition) is 8. The average Bonchev–Trinajstić information content (AvgIpc) is 2.49. The van der Waals surface area contributed by atoms with Crippen molar-refractivity contribution in [2.75, 3.05) is 26.1 Å². The Morgan fingerprint density at radius 2 is 2.14 bits per heavy atom. The van der Waals surface area contributed by atoms with E-state index in [0.717, 1.165) is 0 Å². The number of aliphatic hydroxyl groups is 3. The summed E-state index contributed by atoms with van der Waals surface area (Å²) in [4.78, 5) is 22.3. The number of ether oxygens (including phenoxy) is 2. The summed E-state index contributed by atoms with van der Waals surface area (Å²) in [5, 5.41) is 34.1. The number of carbonyl (C=O) groups excluding carboxylic acids is 1. The van der Waals surface area contributed by atoms with Crippen molar-refractivity contribution in [2.45, 2.75) is 30.6 Å². The van der Waals surface area contributed by atoms with E-state index in [9.17, 15) is 19.9 Å². The first kappa shape index (κ1) is 18.0. The number of carbonyl (C=O) groups is 1. The molecular weight excluding hydrogens is 310 g/mol. The molecule has 122 valence electrons. The van der Waals surface area contributed by atoms with Gasteiger partial charge in [0.15, 0.2) is 6.29 Å². The highest BCUT2D eigenvalue weighted by atomic mass is 35.5. The number of hydrogen-bond donors (Lipinski definition) is 4. The van der Waals surface area contributed by atoms with Crippen molar-refractivity contribution in [3.63, 3.8) is 0 Å². The molecule has 0 aliphatic carbocycles. The van der Waals surface area contributed by atoms with Crippen molar-refractivity contribution >= 4 is 17.6 Å². The standard InChI is InChI=1S/C10H18ClN3O7/c1-20-9-6(8(17)7(16)5(4-15)21-9)12-10(18)14(13-19)3-2-11/h5-9,15-17H,2-4H2,1H3,(H,12,18)/t5-,6-,7-,8-,9?/m1/s1. The number of rotatable bonds is 6. The third-order valence-corrected chi connectivity index (χ3v) is 3.20. The van der Waals surface area contributed by atoms with Crippen molar-refractivity contribution in [1.29, 1.82) is 0 Å². The third kappa shape index (κ3) is 4.22. The highest BCUT2D eigenvalue weighted by molar-refractivity contribution is 6.18. The van der Waals surface area contributed by atoms with Gasteiger partial charge in [0.25, 0.3) is 0 Å². The molecule has 1 heterocycles. The van der Waals surface area contributed by atoms with Crippen LogP contribution in [0.25, 0.3) is 0 Å². The SMILES string of the molecule is COC1O[C@H](CO)[C@@H](O)[C@H](O)[C@H]1NC(=O)N(CCCl)N=O. The van der Waals surface area contributed by atoms with E-state index in [-0.39, 0.29) is 12.4 Å². The second-order valence-corrected chi connectivity index (χ2v) is 4.69. The highest BCUT2D eigenvalue weighted by Gasteiger charge is 2.45. The maximum Gasteiger partial charge on any atom is 0.340 e. The second-order valence-electron chi connectivity index (χ2n) is 4.31. The summed E-state index contributed by atoms with van der Waals surface area (Å²) in [6.07, 6.45) is -5.07. The Labute approximate surface area is 125 Å². The van der Waals surface area contributed by atoms with E-state index in [0.29, 0.717) is 5.01 Å². The Kier molecular flexibility index (Phi) is 7.22. The number of halogens is 1. The summed E-state index contributed by atoms with van der Waals surface area (Å²) in [5.74, 6) is -0.00814. The first-order chi connectivity index (χ1) is 9.99. The lowest BCUT2D eigenvalue weighted by molar-refractivity contribution is -0.261. The lowest BCUT2D eigenvalue weighted by atomic mass is 9.97. The number of nitrogens with zero attached hydrogens (tertiary/aromatic N) is 2. The minimum atomic E-state index is -1.46. The normalized spacial score (nSPS) is 32.5. The van der Waals surface area contributed by atoms with Gasteiger partial charge >= 0.3 is 6.03 Å². The van der Waals surface area contributed by atoms with Gasteiger partial charge < -0.3 is 30.1 Å². The summed E-state index contributed by atoms with van der Waals surface area (Å²) in [7, 11) is 1.26. The third-order valence-electron chi connectivity index (χ3n) is 3.03. The lowest BCUT2D eigenvalue weighted by Gasteiger charge is -2.41. The molecule has 1 saturated heterocycles. The number of methoxy groups -OCH3 is 1. The Balaban J connectivity index is 2.79. The van der Waals surface area contributed by atoms with Crippen molar-refractivity contribution in [2.24, 2.45) is 5.29 Å². The molecule has 1 fully saturated rings. The quantitative estimate of drug-likeness (QED) is 0.261. The van der Waals surface area contributed by atoms with Crippen LogP contribution in [0.15, 0.2) is 5.29 Å². The molecule has 4 N–H and O–H groups in total. The van der Waals surface area contributed by atoms with E-state index in [1.165, 1.54) is 7.11 Å². The van der Waals surface area contributed by atoms with Gasteiger partial charge in [0.05, 0.1) is 18.4 Å². The molecule has 11 heteroatoms. The summed E-state index contributed by atoms with van der Waals surface area (Å²) in [5.41, 5.74) is 0. The molecule has 1 aliphatic heterocycles. The Bertz CT molecular complexity index is 360. The number of nitroso groups, excluding NO2 is 1.